The topological polar surface area (TPSA) is 81.9 Å². The largest absolute Gasteiger partial charge is 0.469 e. The number of rotatable bonds is 8. The SMILES string of the molecule is BrCc1ccccc1.COC(=O)[C@@H]1CC[C@H](N(Cc2ccccc2)Cc2ccccc2)C1.COC(=O)[C@@H]1CC[C@H](N)C1.Cl. The second kappa shape index (κ2) is 20.3. The number of nitrogens with two attached hydrogens (primary N) is 1. The summed E-state index contributed by atoms with van der Waals surface area (Å²) in [7, 11) is 2.91. The van der Waals surface area contributed by atoms with Crippen LogP contribution < -0.4 is 5.73 Å². The van der Waals surface area contributed by atoms with Crippen LogP contribution in [0.3, 0.4) is 0 Å². The molecule has 3 aromatic rings. The van der Waals surface area contributed by atoms with Crippen molar-refractivity contribution < 1.29 is 19.1 Å². The summed E-state index contributed by atoms with van der Waals surface area (Å²) in [6.07, 6.45) is 5.53. The molecule has 8 heteroatoms. The number of ether oxygens (including phenoxy) is 2. The van der Waals surface area contributed by atoms with Crippen molar-refractivity contribution in [3.63, 3.8) is 0 Å². The van der Waals surface area contributed by atoms with Crippen LogP contribution in [0.15, 0.2) is 91.0 Å². The third-order valence-electron chi connectivity index (χ3n) is 7.92. The number of alkyl halides is 1. The van der Waals surface area contributed by atoms with Crippen molar-refractivity contribution in [3.8, 4) is 0 Å². The first-order valence-electron chi connectivity index (χ1n) is 14.8. The van der Waals surface area contributed by atoms with E-state index in [-0.39, 0.29) is 42.2 Å². The number of hydrogen-bond donors (Lipinski definition) is 1. The molecule has 0 spiro atoms. The summed E-state index contributed by atoms with van der Waals surface area (Å²) >= 11 is 3.36. The number of carbonyl (C=O) groups is 2. The van der Waals surface area contributed by atoms with Crippen LogP contribution in [0.2, 0.25) is 0 Å². The van der Waals surface area contributed by atoms with Gasteiger partial charge in [0.25, 0.3) is 0 Å². The normalized spacial score (nSPS) is 20.5. The molecule has 2 N–H and O–H groups in total. The predicted octanol–water partition coefficient (Wildman–Crippen LogP) is 7.32. The number of methoxy groups -OCH3 is 2. The Morgan fingerprint density at radius 1 is 0.698 bits per heavy atom. The smallest absolute Gasteiger partial charge is 0.308 e. The summed E-state index contributed by atoms with van der Waals surface area (Å²) in [5.74, 6) is -0.0427. The standard InChI is InChI=1S/C21H25NO2.C7H7Br.C7H13NO2.ClH/c1-24-21(23)19-12-13-20(14-19)22(15-17-8-4-2-5-9-17)16-18-10-6-3-7-11-18;8-6-7-4-2-1-3-5-7;1-10-7(9)5-2-3-6(8)4-5;/h2-11,19-20H,12-16H2,1H3;1-5H,6H2;5-6H,2-4,8H2,1H3;1H/t19-,20+;;5-,6+;/m1.1./s1. The van der Waals surface area contributed by atoms with Crippen LogP contribution in [0.5, 0.6) is 0 Å². The molecule has 43 heavy (non-hydrogen) atoms. The summed E-state index contributed by atoms with van der Waals surface area (Å²) < 4.78 is 9.53. The monoisotopic (exact) mass is 672 g/mol. The zero-order chi connectivity index (χ0) is 30.2. The Morgan fingerprint density at radius 2 is 1.12 bits per heavy atom. The predicted molar refractivity (Wildman–Crippen MR) is 179 cm³/mol. The Kier molecular flexibility index (Phi) is 17.2. The molecule has 0 bridgehead atoms. The zero-order valence-corrected chi connectivity index (χ0v) is 27.7. The van der Waals surface area contributed by atoms with E-state index in [1.165, 1.54) is 30.9 Å². The molecule has 2 saturated carbocycles. The van der Waals surface area contributed by atoms with Gasteiger partial charge in [-0.3, -0.25) is 14.5 Å². The lowest BCUT2D eigenvalue weighted by Crippen LogP contribution is -2.33. The Labute approximate surface area is 271 Å². The molecule has 0 aliphatic heterocycles. The van der Waals surface area contributed by atoms with Crippen LogP contribution in [-0.4, -0.2) is 43.1 Å². The van der Waals surface area contributed by atoms with Crippen LogP contribution in [0.25, 0.3) is 0 Å². The van der Waals surface area contributed by atoms with Crippen LogP contribution in [0.4, 0.5) is 0 Å². The van der Waals surface area contributed by atoms with Gasteiger partial charge in [0.05, 0.1) is 26.1 Å². The van der Waals surface area contributed by atoms with Gasteiger partial charge in [0, 0.05) is 30.5 Å². The van der Waals surface area contributed by atoms with E-state index in [1.54, 1.807) is 0 Å². The van der Waals surface area contributed by atoms with Gasteiger partial charge in [-0.1, -0.05) is 107 Å². The van der Waals surface area contributed by atoms with Gasteiger partial charge in [0.1, 0.15) is 0 Å². The van der Waals surface area contributed by atoms with Gasteiger partial charge in [-0.25, -0.2) is 0 Å². The molecule has 234 valence electrons. The van der Waals surface area contributed by atoms with Gasteiger partial charge in [-0.2, -0.15) is 0 Å². The molecule has 2 aliphatic carbocycles. The van der Waals surface area contributed by atoms with Crippen LogP contribution in [0, 0.1) is 11.8 Å². The number of hydrogen-bond acceptors (Lipinski definition) is 6. The van der Waals surface area contributed by atoms with E-state index < -0.39 is 0 Å². The summed E-state index contributed by atoms with van der Waals surface area (Å²) in [6.45, 7) is 1.82. The molecule has 4 atom stereocenters. The Bertz CT molecular complexity index is 1140. The van der Waals surface area contributed by atoms with Crippen molar-refractivity contribution in [2.45, 2.75) is 69.0 Å². The van der Waals surface area contributed by atoms with Gasteiger partial charge in [0.15, 0.2) is 0 Å². The lowest BCUT2D eigenvalue weighted by atomic mass is 10.1. The van der Waals surface area contributed by atoms with Crippen molar-refractivity contribution in [2.75, 3.05) is 14.2 Å². The van der Waals surface area contributed by atoms with Gasteiger partial charge in [0.2, 0.25) is 0 Å². The maximum absolute atomic E-state index is 11.9. The van der Waals surface area contributed by atoms with E-state index in [2.05, 4.69) is 86.2 Å². The number of benzene rings is 3. The van der Waals surface area contributed by atoms with Gasteiger partial charge < -0.3 is 15.2 Å². The van der Waals surface area contributed by atoms with Crippen LogP contribution in [0.1, 0.15) is 55.2 Å². The highest BCUT2D eigenvalue weighted by molar-refractivity contribution is 9.08. The fourth-order valence-electron chi connectivity index (χ4n) is 5.58. The molecular formula is C35H46BrClN2O4. The molecule has 6 nitrogen and oxygen atoms in total. The molecule has 0 unspecified atom stereocenters. The Balaban J connectivity index is 0.000000279. The van der Waals surface area contributed by atoms with Gasteiger partial charge in [-0.15, -0.1) is 12.4 Å². The van der Waals surface area contributed by atoms with Crippen LogP contribution in [-0.2, 0) is 37.5 Å². The van der Waals surface area contributed by atoms with E-state index in [9.17, 15) is 9.59 Å². The van der Waals surface area contributed by atoms with Gasteiger partial charge >= 0.3 is 11.9 Å². The highest BCUT2D eigenvalue weighted by Crippen LogP contribution is 2.32. The Morgan fingerprint density at radius 3 is 1.49 bits per heavy atom. The highest BCUT2D eigenvalue weighted by Gasteiger charge is 2.34. The summed E-state index contributed by atoms with van der Waals surface area (Å²) in [4.78, 5) is 25.2. The lowest BCUT2D eigenvalue weighted by molar-refractivity contribution is -0.146. The number of carbonyl (C=O) groups excluding carboxylic acids is 2. The van der Waals surface area contributed by atoms with E-state index in [1.807, 2.05) is 30.3 Å². The minimum Gasteiger partial charge on any atom is -0.469 e. The highest BCUT2D eigenvalue weighted by atomic mass is 79.9. The maximum atomic E-state index is 11.9. The van der Waals surface area contributed by atoms with E-state index in [0.717, 1.165) is 56.9 Å². The van der Waals surface area contributed by atoms with Crippen molar-refractivity contribution in [3.05, 3.63) is 108 Å². The second-order valence-corrected chi connectivity index (χ2v) is 11.5. The molecule has 0 amide bonds. The fraction of sp³-hybridized carbons (Fsp3) is 0.429. The molecule has 0 saturated heterocycles. The Hall–Kier alpha value is -2.71. The number of nitrogens with zero attached hydrogens (tertiary/aromatic N) is 1. The van der Waals surface area contributed by atoms with Crippen molar-refractivity contribution >= 4 is 40.3 Å². The third-order valence-corrected chi connectivity index (χ3v) is 8.57. The minimum atomic E-state index is -0.104. The quantitative estimate of drug-likeness (QED) is 0.199. The summed E-state index contributed by atoms with van der Waals surface area (Å²) in [5.41, 5.74) is 9.57. The molecular weight excluding hydrogens is 628 g/mol. The lowest BCUT2D eigenvalue weighted by Gasteiger charge is -2.29. The molecule has 3 aromatic carbocycles. The third kappa shape index (κ3) is 12.8. The van der Waals surface area contributed by atoms with Crippen molar-refractivity contribution in [1.82, 2.24) is 4.90 Å². The maximum Gasteiger partial charge on any atom is 0.308 e. The van der Waals surface area contributed by atoms with E-state index in [0.29, 0.717) is 6.04 Å². The van der Waals surface area contributed by atoms with Crippen molar-refractivity contribution in [1.29, 1.82) is 0 Å². The molecule has 0 radical (unpaired) electrons. The number of halogens is 2. The van der Waals surface area contributed by atoms with Crippen molar-refractivity contribution in [2.24, 2.45) is 17.6 Å². The molecule has 5 rings (SSSR count). The first-order valence-corrected chi connectivity index (χ1v) is 15.9. The fourth-order valence-corrected chi connectivity index (χ4v) is 5.96. The van der Waals surface area contributed by atoms with Crippen LogP contribution >= 0.6 is 28.3 Å². The molecule has 0 aromatic heterocycles. The average Bonchev–Trinajstić information content (AvgIpc) is 3.72. The number of esters is 2. The summed E-state index contributed by atoms with van der Waals surface area (Å²) in [5, 5.41) is 0.952. The second-order valence-electron chi connectivity index (χ2n) is 11.0. The minimum absolute atomic E-state index is 0. The zero-order valence-electron chi connectivity index (χ0n) is 25.3. The molecule has 0 heterocycles. The molecule has 2 aliphatic rings. The molecule has 2 fully saturated rings. The van der Waals surface area contributed by atoms with E-state index in [4.69, 9.17) is 10.5 Å². The van der Waals surface area contributed by atoms with Gasteiger partial charge in [-0.05, 0) is 55.2 Å². The average molecular weight is 674 g/mol. The first kappa shape index (κ1) is 36.5. The summed E-state index contributed by atoms with van der Waals surface area (Å²) in [6, 6.07) is 32.0. The first-order chi connectivity index (χ1) is 20.4. The van der Waals surface area contributed by atoms with E-state index >= 15 is 0 Å².